The highest BCUT2D eigenvalue weighted by molar-refractivity contribution is 9.10. The summed E-state index contributed by atoms with van der Waals surface area (Å²) in [5, 5.41) is 3.26. The normalized spacial score (nSPS) is 10.3. The SMILES string of the molecule is CCNCc1ccc(OCC(=O)N(C)CC)c(Br)c1. The monoisotopic (exact) mass is 328 g/mol. The van der Waals surface area contributed by atoms with Gasteiger partial charge in [0.1, 0.15) is 5.75 Å². The molecule has 0 atom stereocenters. The Balaban J connectivity index is 2.57. The van der Waals surface area contributed by atoms with Gasteiger partial charge in [-0.2, -0.15) is 0 Å². The molecule has 0 aliphatic heterocycles. The number of ether oxygens (including phenoxy) is 1. The standard InChI is InChI=1S/C14H21BrN2O2/c1-4-16-9-11-6-7-13(12(15)8-11)19-10-14(18)17(3)5-2/h6-8,16H,4-5,9-10H2,1-3H3. The van der Waals surface area contributed by atoms with Gasteiger partial charge in [0.05, 0.1) is 4.47 Å². The molecule has 106 valence electrons. The zero-order valence-corrected chi connectivity index (χ0v) is 13.3. The molecule has 0 aliphatic rings. The molecule has 0 bridgehead atoms. The topological polar surface area (TPSA) is 41.6 Å². The van der Waals surface area contributed by atoms with Gasteiger partial charge in [-0.15, -0.1) is 0 Å². The fourth-order valence-corrected chi connectivity index (χ4v) is 2.01. The number of likely N-dealkylation sites (N-methyl/N-ethyl adjacent to an activating group) is 1. The minimum atomic E-state index is -0.0221. The first kappa shape index (κ1) is 16.0. The zero-order valence-electron chi connectivity index (χ0n) is 11.7. The zero-order chi connectivity index (χ0) is 14.3. The number of benzene rings is 1. The molecule has 0 aromatic heterocycles. The van der Waals surface area contributed by atoms with Crippen molar-refractivity contribution in [1.82, 2.24) is 10.2 Å². The second-order valence-corrected chi connectivity index (χ2v) is 5.10. The van der Waals surface area contributed by atoms with E-state index in [2.05, 4.69) is 28.2 Å². The number of halogens is 1. The van der Waals surface area contributed by atoms with Gasteiger partial charge in [-0.1, -0.05) is 13.0 Å². The number of carbonyl (C=O) groups is 1. The molecule has 4 nitrogen and oxygen atoms in total. The van der Waals surface area contributed by atoms with E-state index < -0.39 is 0 Å². The van der Waals surface area contributed by atoms with Gasteiger partial charge in [0.2, 0.25) is 0 Å². The first-order valence-electron chi connectivity index (χ1n) is 6.44. The Labute approximate surface area is 123 Å². The van der Waals surface area contributed by atoms with Gasteiger partial charge >= 0.3 is 0 Å². The maximum absolute atomic E-state index is 11.6. The Kier molecular flexibility index (Phi) is 6.87. The lowest BCUT2D eigenvalue weighted by molar-refractivity contribution is -0.131. The van der Waals surface area contributed by atoms with E-state index in [-0.39, 0.29) is 12.5 Å². The van der Waals surface area contributed by atoms with Crippen LogP contribution in [0.15, 0.2) is 22.7 Å². The molecule has 0 unspecified atom stereocenters. The summed E-state index contributed by atoms with van der Waals surface area (Å²) in [7, 11) is 1.76. The van der Waals surface area contributed by atoms with Crippen LogP contribution < -0.4 is 10.1 Å². The van der Waals surface area contributed by atoms with Crippen molar-refractivity contribution in [3.05, 3.63) is 28.2 Å². The number of rotatable bonds is 7. The number of hydrogen-bond acceptors (Lipinski definition) is 3. The van der Waals surface area contributed by atoms with Crippen LogP contribution >= 0.6 is 15.9 Å². The third-order valence-electron chi connectivity index (χ3n) is 2.83. The molecule has 0 radical (unpaired) electrons. The fraction of sp³-hybridized carbons (Fsp3) is 0.500. The van der Waals surface area contributed by atoms with Crippen molar-refractivity contribution in [2.45, 2.75) is 20.4 Å². The molecule has 19 heavy (non-hydrogen) atoms. The third-order valence-corrected chi connectivity index (χ3v) is 3.45. The molecule has 0 spiro atoms. The van der Waals surface area contributed by atoms with E-state index in [1.54, 1.807) is 11.9 Å². The molecule has 1 aromatic rings. The van der Waals surface area contributed by atoms with Gasteiger partial charge in [0.15, 0.2) is 6.61 Å². The predicted molar refractivity (Wildman–Crippen MR) is 80.3 cm³/mol. The molecular formula is C14H21BrN2O2. The molecule has 1 aromatic carbocycles. The summed E-state index contributed by atoms with van der Waals surface area (Å²) in [4.78, 5) is 13.3. The van der Waals surface area contributed by atoms with Crippen molar-refractivity contribution >= 4 is 21.8 Å². The van der Waals surface area contributed by atoms with Crippen LogP contribution in [0.4, 0.5) is 0 Å². The van der Waals surface area contributed by atoms with Gasteiger partial charge in [0.25, 0.3) is 5.91 Å². The van der Waals surface area contributed by atoms with Gasteiger partial charge < -0.3 is 15.0 Å². The van der Waals surface area contributed by atoms with Crippen molar-refractivity contribution in [3.63, 3.8) is 0 Å². The van der Waals surface area contributed by atoms with Crippen LogP contribution in [0.2, 0.25) is 0 Å². The summed E-state index contributed by atoms with van der Waals surface area (Å²) in [5.41, 5.74) is 1.18. The first-order valence-corrected chi connectivity index (χ1v) is 7.23. The summed E-state index contributed by atoms with van der Waals surface area (Å²) in [5.74, 6) is 0.671. The molecule has 1 rings (SSSR count). The summed E-state index contributed by atoms with van der Waals surface area (Å²) in [6, 6.07) is 5.89. The average Bonchev–Trinajstić information content (AvgIpc) is 2.42. The highest BCUT2D eigenvalue weighted by Gasteiger charge is 2.09. The molecule has 1 N–H and O–H groups in total. The van der Waals surface area contributed by atoms with Crippen molar-refractivity contribution < 1.29 is 9.53 Å². The van der Waals surface area contributed by atoms with Crippen LogP contribution in [0.3, 0.4) is 0 Å². The lowest BCUT2D eigenvalue weighted by Crippen LogP contribution is -2.31. The van der Waals surface area contributed by atoms with Crippen LogP contribution in [0.1, 0.15) is 19.4 Å². The van der Waals surface area contributed by atoms with E-state index in [0.29, 0.717) is 12.3 Å². The molecular weight excluding hydrogens is 308 g/mol. The predicted octanol–water partition coefficient (Wildman–Crippen LogP) is 2.42. The molecule has 0 heterocycles. The smallest absolute Gasteiger partial charge is 0.260 e. The molecule has 0 fully saturated rings. The minimum Gasteiger partial charge on any atom is -0.483 e. The molecule has 0 saturated heterocycles. The van der Waals surface area contributed by atoms with Crippen molar-refractivity contribution in [2.75, 3.05) is 26.7 Å². The lowest BCUT2D eigenvalue weighted by Gasteiger charge is -2.15. The summed E-state index contributed by atoms with van der Waals surface area (Å²) in [6.45, 7) is 6.52. The van der Waals surface area contributed by atoms with E-state index in [4.69, 9.17) is 4.74 Å². The van der Waals surface area contributed by atoms with Gasteiger partial charge in [-0.25, -0.2) is 0 Å². The van der Waals surface area contributed by atoms with Crippen LogP contribution in [-0.2, 0) is 11.3 Å². The quantitative estimate of drug-likeness (QED) is 0.835. The Bertz CT molecular complexity index is 424. The minimum absolute atomic E-state index is 0.0221. The highest BCUT2D eigenvalue weighted by atomic mass is 79.9. The third kappa shape index (κ3) is 5.20. The van der Waals surface area contributed by atoms with Crippen LogP contribution in [0.25, 0.3) is 0 Å². The van der Waals surface area contributed by atoms with Gasteiger partial charge in [-0.3, -0.25) is 4.79 Å². The number of hydrogen-bond donors (Lipinski definition) is 1. The van der Waals surface area contributed by atoms with Crippen molar-refractivity contribution in [2.24, 2.45) is 0 Å². The number of nitrogens with zero attached hydrogens (tertiary/aromatic N) is 1. The van der Waals surface area contributed by atoms with Crippen LogP contribution in [0.5, 0.6) is 5.75 Å². The summed E-state index contributed by atoms with van der Waals surface area (Å²) >= 11 is 3.47. The van der Waals surface area contributed by atoms with E-state index in [1.807, 2.05) is 25.1 Å². The van der Waals surface area contributed by atoms with E-state index in [9.17, 15) is 4.79 Å². The first-order chi connectivity index (χ1) is 9.08. The Morgan fingerprint density at radius 3 is 2.74 bits per heavy atom. The van der Waals surface area contributed by atoms with Gasteiger partial charge in [0, 0.05) is 20.1 Å². The number of carbonyl (C=O) groups excluding carboxylic acids is 1. The fourth-order valence-electron chi connectivity index (χ4n) is 1.47. The Hall–Kier alpha value is -1.07. The Morgan fingerprint density at radius 1 is 1.42 bits per heavy atom. The summed E-state index contributed by atoms with van der Waals surface area (Å²) in [6.07, 6.45) is 0. The van der Waals surface area contributed by atoms with E-state index >= 15 is 0 Å². The van der Waals surface area contributed by atoms with Crippen molar-refractivity contribution in [1.29, 1.82) is 0 Å². The summed E-state index contributed by atoms with van der Waals surface area (Å²) < 4.78 is 6.39. The van der Waals surface area contributed by atoms with Crippen LogP contribution in [-0.4, -0.2) is 37.6 Å². The molecule has 5 heteroatoms. The highest BCUT2D eigenvalue weighted by Crippen LogP contribution is 2.26. The number of amides is 1. The lowest BCUT2D eigenvalue weighted by atomic mass is 10.2. The second kappa shape index (κ2) is 8.17. The second-order valence-electron chi connectivity index (χ2n) is 4.24. The molecule has 0 saturated carbocycles. The number of nitrogens with one attached hydrogen (secondary N) is 1. The van der Waals surface area contributed by atoms with Crippen molar-refractivity contribution in [3.8, 4) is 5.75 Å². The largest absolute Gasteiger partial charge is 0.483 e. The Morgan fingerprint density at radius 2 is 2.16 bits per heavy atom. The average molecular weight is 329 g/mol. The van der Waals surface area contributed by atoms with E-state index in [1.165, 1.54) is 5.56 Å². The van der Waals surface area contributed by atoms with Crippen LogP contribution in [0, 0.1) is 0 Å². The molecule has 0 aliphatic carbocycles. The maximum Gasteiger partial charge on any atom is 0.260 e. The molecule has 1 amide bonds. The van der Waals surface area contributed by atoms with E-state index in [0.717, 1.165) is 17.6 Å². The van der Waals surface area contributed by atoms with Gasteiger partial charge in [-0.05, 0) is 47.1 Å². The maximum atomic E-state index is 11.6.